The smallest absolute Gasteiger partial charge is 0.261 e. The highest BCUT2D eigenvalue weighted by Crippen LogP contribution is 2.31. The van der Waals surface area contributed by atoms with E-state index in [1.54, 1.807) is 18.2 Å². The second-order valence-electron chi connectivity index (χ2n) is 5.91. The van der Waals surface area contributed by atoms with Gasteiger partial charge in [0.1, 0.15) is 0 Å². The van der Waals surface area contributed by atoms with E-state index in [0.29, 0.717) is 36.0 Å². The molecule has 0 aliphatic carbocycles. The van der Waals surface area contributed by atoms with E-state index in [4.69, 9.17) is 9.47 Å². The zero-order chi connectivity index (χ0) is 19.6. The van der Waals surface area contributed by atoms with Crippen LogP contribution >= 0.6 is 0 Å². The van der Waals surface area contributed by atoms with Crippen LogP contribution in [0.15, 0.2) is 36.4 Å². The van der Waals surface area contributed by atoms with Crippen LogP contribution in [0.1, 0.15) is 44.9 Å². The Morgan fingerprint density at radius 2 is 1.59 bits per heavy atom. The molecule has 0 spiro atoms. The van der Waals surface area contributed by atoms with Gasteiger partial charge in [0.15, 0.2) is 11.5 Å². The molecule has 3 rings (SSSR count). The van der Waals surface area contributed by atoms with Crippen molar-refractivity contribution in [2.24, 2.45) is 0 Å². The van der Waals surface area contributed by atoms with E-state index in [9.17, 15) is 14.4 Å². The molecule has 0 unspecified atom stereocenters. The van der Waals surface area contributed by atoms with Crippen LogP contribution < -0.4 is 14.8 Å². The van der Waals surface area contributed by atoms with Gasteiger partial charge in [-0.2, -0.15) is 0 Å². The quantitative estimate of drug-likeness (QED) is 0.793. The molecule has 1 heterocycles. The standard InChI is InChI=1S/C20H20N2O5/c1-4-26-16-9-7-13(11-17(16)27-5-2)21-18(23)12-6-8-14-15(10-12)20(25)22(3)19(14)24/h6-11H,4-5H2,1-3H3,(H,21,23). The van der Waals surface area contributed by atoms with Crippen LogP contribution in [0.2, 0.25) is 0 Å². The molecular formula is C20H20N2O5. The third-order valence-electron chi connectivity index (χ3n) is 4.15. The van der Waals surface area contributed by atoms with Crippen molar-refractivity contribution in [1.82, 2.24) is 4.90 Å². The maximum absolute atomic E-state index is 12.6. The monoisotopic (exact) mass is 368 g/mol. The summed E-state index contributed by atoms with van der Waals surface area (Å²) < 4.78 is 11.1. The third kappa shape index (κ3) is 3.48. The fraction of sp³-hybridized carbons (Fsp3) is 0.250. The molecular weight excluding hydrogens is 348 g/mol. The number of amides is 3. The van der Waals surface area contributed by atoms with E-state index in [0.717, 1.165) is 4.90 Å². The van der Waals surface area contributed by atoms with E-state index >= 15 is 0 Å². The number of rotatable bonds is 6. The number of imide groups is 1. The highest BCUT2D eigenvalue weighted by Gasteiger charge is 2.33. The van der Waals surface area contributed by atoms with Crippen LogP contribution in [0.25, 0.3) is 0 Å². The number of nitrogens with zero attached hydrogens (tertiary/aromatic N) is 1. The molecule has 1 N–H and O–H groups in total. The molecule has 0 bridgehead atoms. The van der Waals surface area contributed by atoms with Crippen LogP contribution in [0.4, 0.5) is 5.69 Å². The number of fused-ring (bicyclic) bond motifs is 1. The van der Waals surface area contributed by atoms with Crippen molar-refractivity contribution in [3.05, 3.63) is 53.1 Å². The zero-order valence-electron chi connectivity index (χ0n) is 15.4. The Morgan fingerprint density at radius 1 is 0.926 bits per heavy atom. The highest BCUT2D eigenvalue weighted by atomic mass is 16.5. The highest BCUT2D eigenvalue weighted by molar-refractivity contribution is 6.22. The lowest BCUT2D eigenvalue weighted by atomic mass is 10.1. The molecule has 27 heavy (non-hydrogen) atoms. The summed E-state index contributed by atoms with van der Waals surface area (Å²) in [5.74, 6) is -0.0334. The summed E-state index contributed by atoms with van der Waals surface area (Å²) >= 11 is 0. The maximum Gasteiger partial charge on any atom is 0.261 e. The van der Waals surface area contributed by atoms with Gasteiger partial charge in [-0.3, -0.25) is 19.3 Å². The van der Waals surface area contributed by atoms with Gasteiger partial charge >= 0.3 is 0 Å². The molecule has 0 saturated heterocycles. The summed E-state index contributed by atoms with van der Waals surface area (Å²) in [5.41, 5.74) is 1.36. The molecule has 0 radical (unpaired) electrons. The first-order valence-corrected chi connectivity index (χ1v) is 8.63. The SMILES string of the molecule is CCOc1ccc(NC(=O)c2ccc3c(c2)C(=O)N(C)C3=O)cc1OCC. The van der Waals surface area contributed by atoms with Gasteiger partial charge in [0.05, 0.1) is 24.3 Å². The van der Waals surface area contributed by atoms with Gasteiger partial charge in [0.25, 0.3) is 17.7 Å². The molecule has 140 valence electrons. The summed E-state index contributed by atoms with van der Waals surface area (Å²) in [5, 5.41) is 2.77. The van der Waals surface area contributed by atoms with Gasteiger partial charge < -0.3 is 14.8 Å². The molecule has 3 amide bonds. The molecule has 0 aromatic heterocycles. The first-order valence-electron chi connectivity index (χ1n) is 8.63. The Morgan fingerprint density at radius 3 is 2.30 bits per heavy atom. The van der Waals surface area contributed by atoms with E-state index in [-0.39, 0.29) is 22.9 Å². The first-order chi connectivity index (χ1) is 13.0. The van der Waals surface area contributed by atoms with Crippen LogP contribution in [0.5, 0.6) is 11.5 Å². The summed E-state index contributed by atoms with van der Waals surface area (Å²) in [7, 11) is 1.42. The topological polar surface area (TPSA) is 84.9 Å². The number of anilines is 1. The predicted octanol–water partition coefficient (Wildman–Crippen LogP) is 2.96. The van der Waals surface area contributed by atoms with Gasteiger partial charge in [0, 0.05) is 24.4 Å². The minimum absolute atomic E-state index is 0.233. The summed E-state index contributed by atoms with van der Waals surface area (Å²) in [6.07, 6.45) is 0. The average molecular weight is 368 g/mol. The lowest BCUT2D eigenvalue weighted by molar-refractivity contribution is 0.0693. The fourth-order valence-corrected chi connectivity index (χ4v) is 2.83. The molecule has 7 heteroatoms. The van der Waals surface area contributed by atoms with Crippen LogP contribution in [0.3, 0.4) is 0 Å². The van der Waals surface area contributed by atoms with E-state index in [1.807, 2.05) is 13.8 Å². The lowest BCUT2D eigenvalue weighted by Gasteiger charge is -2.13. The maximum atomic E-state index is 12.6. The number of carbonyl (C=O) groups is 3. The molecule has 0 fully saturated rings. The molecule has 7 nitrogen and oxygen atoms in total. The number of nitrogens with one attached hydrogen (secondary N) is 1. The Kier molecular flexibility index (Phi) is 5.12. The van der Waals surface area contributed by atoms with Crippen LogP contribution in [-0.4, -0.2) is 42.9 Å². The largest absolute Gasteiger partial charge is 0.490 e. The minimum Gasteiger partial charge on any atom is -0.490 e. The van der Waals surface area contributed by atoms with Crippen molar-refractivity contribution in [3.63, 3.8) is 0 Å². The Labute approximate surface area is 156 Å². The second kappa shape index (κ2) is 7.49. The average Bonchev–Trinajstić information content (AvgIpc) is 2.88. The summed E-state index contributed by atoms with van der Waals surface area (Å²) in [6, 6.07) is 9.58. The zero-order valence-corrected chi connectivity index (χ0v) is 15.4. The molecule has 2 aromatic rings. The van der Waals surface area contributed by atoms with Gasteiger partial charge in [-0.25, -0.2) is 0 Å². The summed E-state index contributed by atoms with van der Waals surface area (Å²) in [6.45, 7) is 4.71. The van der Waals surface area contributed by atoms with E-state index in [2.05, 4.69) is 5.32 Å². The minimum atomic E-state index is -0.413. The molecule has 1 aliphatic heterocycles. The van der Waals surface area contributed by atoms with Crippen molar-refractivity contribution >= 4 is 23.4 Å². The lowest BCUT2D eigenvalue weighted by Crippen LogP contribution is -2.24. The molecule has 1 aliphatic rings. The molecule has 2 aromatic carbocycles. The Hall–Kier alpha value is -3.35. The van der Waals surface area contributed by atoms with Crippen molar-refractivity contribution in [3.8, 4) is 11.5 Å². The predicted molar refractivity (Wildman–Crippen MR) is 99.6 cm³/mol. The van der Waals surface area contributed by atoms with E-state index in [1.165, 1.54) is 25.2 Å². The number of hydrogen-bond acceptors (Lipinski definition) is 5. The van der Waals surface area contributed by atoms with Crippen molar-refractivity contribution in [1.29, 1.82) is 0 Å². The number of hydrogen-bond donors (Lipinski definition) is 1. The van der Waals surface area contributed by atoms with Crippen molar-refractivity contribution in [2.45, 2.75) is 13.8 Å². The molecule has 0 saturated carbocycles. The van der Waals surface area contributed by atoms with Crippen LogP contribution in [-0.2, 0) is 0 Å². The van der Waals surface area contributed by atoms with Gasteiger partial charge in [0.2, 0.25) is 0 Å². The Bertz CT molecular complexity index is 923. The third-order valence-corrected chi connectivity index (χ3v) is 4.15. The number of benzene rings is 2. The van der Waals surface area contributed by atoms with Gasteiger partial charge in [-0.15, -0.1) is 0 Å². The number of carbonyl (C=O) groups excluding carboxylic acids is 3. The summed E-state index contributed by atoms with van der Waals surface area (Å²) in [4.78, 5) is 37.6. The van der Waals surface area contributed by atoms with E-state index < -0.39 is 5.91 Å². The number of ether oxygens (including phenoxy) is 2. The van der Waals surface area contributed by atoms with Crippen LogP contribution in [0, 0.1) is 0 Å². The van der Waals surface area contributed by atoms with Crippen molar-refractivity contribution < 1.29 is 23.9 Å². The normalized spacial score (nSPS) is 12.8. The fourth-order valence-electron chi connectivity index (χ4n) is 2.83. The van der Waals surface area contributed by atoms with Gasteiger partial charge in [-0.1, -0.05) is 0 Å². The Balaban J connectivity index is 1.83. The van der Waals surface area contributed by atoms with Gasteiger partial charge in [-0.05, 0) is 44.2 Å². The first kappa shape index (κ1) is 18.4. The second-order valence-corrected chi connectivity index (χ2v) is 5.91. The van der Waals surface area contributed by atoms with Crippen molar-refractivity contribution in [2.75, 3.05) is 25.6 Å². The molecule has 0 atom stereocenters.